The Morgan fingerprint density at radius 2 is 1.66 bits per heavy atom. The van der Waals surface area contributed by atoms with Crippen LogP contribution in [0.5, 0.6) is 0 Å². The molecule has 2 aromatic carbocycles. The number of halogens is 7. The summed E-state index contributed by atoms with van der Waals surface area (Å²) in [5.41, 5.74) is -1.73. The lowest BCUT2D eigenvalue weighted by molar-refractivity contribution is -0.143. The zero-order chi connectivity index (χ0) is 32.0. The second kappa shape index (κ2) is 12.5. The van der Waals surface area contributed by atoms with Crippen molar-refractivity contribution < 1.29 is 35.5 Å². The van der Waals surface area contributed by atoms with Crippen LogP contribution in [0.15, 0.2) is 36.4 Å². The average Bonchev–Trinajstić information content (AvgIpc) is 3.37. The van der Waals surface area contributed by atoms with E-state index in [1.807, 2.05) is 0 Å². The maximum atomic E-state index is 14.2. The van der Waals surface area contributed by atoms with Gasteiger partial charge in [-0.1, -0.05) is 31.4 Å². The molecule has 2 amide bonds. The number of nitrogens with zero attached hydrogens (tertiary/aromatic N) is 3. The quantitative estimate of drug-likeness (QED) is 0.310. The number of fused-ring (bicyclic) bond motifs is 1. The molecule has 3 aliphatic rings. The summed E-state index contributed by atoms with van der Waals surface area (Å²) in [6.45, 7) is 6.23. The molecule has 2 heterocycles. The van der Waals surface area contributed by atoms with Crippen molar-refractivity contribution in [2.24, 2.45) is 17.8 Å². The van der Waals surface area contributed by atoms with Gasteiger partial charge >= 0.3 is 18.4 Å². The molecule has 5 rings (SSSR count). The molecule has 242 valence electrons. The molecule has 4 atom stereocenters. The van der Waals surface area contributed by atoms with Gasteiger partial charge in [0.15, 0.2) is 0 Å². The first-order chi connectivity index (χ1) is 20.6. The molecular formula is C33H40F7N3O. The van der Waals surface area contributed by atoms with Crippen LogP contribution in [0.3, 0.4) is 0 Å². The maximum absolute atomic E-state index is 14.2. The highest BCUT2D eigenvalue weighted by Crippen LogP contribution is 2.46. The van der Waals surface area contributed by atoms with Crippen molar-refractivity contribution >= 4 is 6.03 Å². The van der Waals surface area contributed by atoms with Gasteiger partial charge in [0, 0.05) is 39.1 Å². The van der Waals surface area contributed by atoms with Gasteiger partial charge in [-0.25, -0.2) is 9.18 Å². The van der Waals surface area contributed by atoms with Crippen molar-refractivity contribution in [1.29, 1.82) is 0 Å². The normalized spacial score (nSPS) is 24.3. The molecule has 0 N–H and O–H groups in total. The second-order valence-corrected chi connectivity index (χ2v) is 12.9. The summed E-state index contributed by atoms with van der Waals surface area (Å²) in [6.07, 6.45) is -3.09. The van der Waals surface area contributed by atoms with E-state index in [0.29, 0.717) is 30.0 Å². The highest BCUT2D eigenvalue weighted by molar-refractivity contribution is 5.76. The van der Waals surface area contributed by atoms with Crippen molar-refractivity contribution in [3.63, 3.8) is 0 Å². The van der Waals surface area contributed by atoms with Crippen LogP contribution in [-0.2, 0) is 12.4 Å². The number of aryl methyl sites for hydroxylation is 1. The van der Waals surface area contributed by atoms with Gasteiger partial charge in [-0.3, -0.25) is 0 Å². The van der Waals surface area contributed by atoms with Gasteiger partial charge in [0.05, 0.1) is 23.2 Å². The smallest absolute Gasteiger partial charge is 0.321 e. The zero-order valence-electron chi connectivity index (χ0n) is 25.3. The van der Waals surface area contributed by atoms with E-state index in [0.717, 1.165) is 37.7 Å². The number of hydrogen-bond donors (Lipinski definition) is 0. The summed E-state index contributed by atoms with van der Waals surface area (Å²) in [6, 6.07) is 3.95. The topological polar surface area (TPSA) is 26.8 Å². The van der Waals surface area contributed by atoms with Gasteiger partial charge in [0.1, 0.15) is 5.82 Å². The molecule has 3 fully saturated rings. The Bertz CT molecular complexity index is 1340. The van der Waals surface area contributed by atoms with Gasteiger partial charge in [-0.05, 0) is 85.9 Å². The largest absolute Gasteiger partial charge is 0.416 e. The molecule has 11 heteroatoms. The molecule has 1 saturated carbocycles. The highest BCUT2D eigenvalue weighted by Gasteiger charge is 2.48. The molecule has 1 aliphatic carbocycles. The van der Waals surface area contributed by atoms with E-state index in [4.69, 9.17) is 0 Å². The molecule has 4 nitrogen and oxygen atoms in total. The van der Waals surface area contributed by atoms with Gasteiger partial charge in [-0.15, -0.1) is 0 Å². The minimum Gasteiger partial charge on any atom is -0.321 e. The van der Waals surface area contributed by atoms with E-state index in [2.05, 4.69) is 4.90 Å². The van der Waals surface area contributed by atoms with Gasteiger partial charge in [-0.2, -0.15) is 26.3 Å². The summed E-state index contributed by atoms with van der Waals surface area (Å²) in [7, 11) is 1.38. The molecule has 0 radical (unpaired) electrons. The SMILES string of the molecule is Cc1cc(F)ccc1[C@H]1[C@@H]2CN(CC3CCCCC3)CC2CCN1C(=O)N(C)C(C)c1ccc(C(F)(F)F)cc1C(F)(F)F. The van der Waals surface area contributed by atoms with Crippen molar-refractivity contribution in [2.75, 3.05) is 33.2 Å². The Balaban J connectivity index is 1.44. The van der Waals surface area contributed by atoms with Crippen LogP contribution in [-0.4, -0.2) is 54.0 Å². The van der Waals surface area contributed by atoms with Crippen LogP contribution >= 0.6 is 0 Å². The van der Waals surface area contributed by atoms with Crippen LogP contribution in [0.4, 0.5) is 35.5 Å². The lowest BCUT2D eigenvalue weighted by Gasteiger charge is -2.45. The van der Waals surface area contributed by atoms with E-state index in [1.165, 1.54) is 63.1 Å². The monoisotopic (exact) mass is 627 g/mol. The first-order valence-corrected chi connectivity index (χ1v) is 15.4. The fourth-order valence-electron chi connectivity index (χ4n) is 7.71. The van der Waals surface area contributed by atoms with Crippen molar-refractivity contribution in [2.45, 2.75) is 76.8 Å². The van der Waals surface area contributed by atoms with E-state index in [1.54, 1.807) is 17.9 Å². The van der Waals surface area contributed by atoms with E-state index in [9.17, 15) is 35.5 Å². The molecule has 2 aliphatic heterocycles. The minimum atomic E-state index is -5.05. The van der Waals surface area contributed by atoms with Gasteiger partial charge in [0.25, 0.3) is 0 Å². The van der Waals surface area contributed by atoms with E-state index >= 15 is 0 Å². The minimum absolute atomic E-state index is 0.0564. The van der Waals surface area contributed by atoms with E-state index < -0.39 is 53.0 Å². The number of carbonyl (C=O) groups is 1. The van der Waals surface area contributed by atoms with Crippen LogP contribution in [0.1, 0.15) is 85.3 Å². The van der Waals surface area contributed by atoms with Gasteiger partial charge < -0.3 is 14.7 Å². The van der Waals surface area contributed by atoms with Crippen LogP contribution in [0, 0.1) is 30.5 Å². The molecular weight excluding hydrogens is 587 g/mol. The number of urea groups is 1. The third kappa shape index (κ3) is 6.72. The molecule has 2 saturated heterocycles. The Hall–Kier alpha value is -2.82. The standard InChI is InChI=1S/C33H40F7N3O/c1-20-15-25(34)10-12-26(20)30-28-19-42(17-22-7-5-4-6-8-22)18-23(28)13-14-43(30)31(44)41(3)21(2)27-11-9-24(32(35,36)37)16-29(27)33(38,39)40/h9-12,15-16,21-23,28,30H,4-8,13-14,17-19H2,1-3H3/t21?,23?,28-,30+/m1/s1. The Morgan fingerprint density at radius 3 is 2.30 bits per heavy atom. The average molecular weight is 628 g/mol. The summed E-state index contributed by atoms with van der Waals surface area (Å²) in [4.78, 5) is 19.5. The fourth-order valence-corrected chi connectivity index (χ4v) is 7.71. The first kappa shape index (κ1) is 32.6. The summed E-state index contributed by atoms with van der Waals surface area (Å²) >= 11 is 0. The number of piperidine rings is 1. The Kier molecular flexibility index (Phi) is 9.27. The third-order valence-corrected chi connectivity index (χ3v) is 10.1. The lowest BCUT2D eigenvalue weighted by Crippen LogP contribution is -2.51. The van der Waals surface area contributed by atoms with E-state index in [-0.39, 0.29) is 12.0 Å². The predicted molar refractivity (Wildman–Crippen MR) is 153 cm³/mol. The van der Waals surface area contributed by atoms with Crippen molar-refractivity contribution in [3.05, 3.63) is 70.0 Å². The highest BCUT2D eigenvalue weighted by atomic mass is 19.4. The third-order valence-electron chi connectivity index (χ3n) is 10.1. The zero-order valence-corrected chi connectivity index (χ0v) is 25.3. The maximum Gasteiger partial charge on any atom is 0.416 e. The molecule has 0 bridgehead atoms. The van der Waals surface area contributed by atoms with Crippen molar-refractivity contribution in [1.82, 2.24) is 14.7 Å². The first-order valence-electron chi connectivity index (χ1n) is 15.4. The second-order valence-electron chi connectivity index (χ2n) is 12.9. The molecule has 0 spiro atoms. The van der Waals surface area contributed by atoms with Gasteiger partial charge in [0.2, 0.25) is 0 Å². The van der Waals surface area contributed by atoms with Crippen LogP contribution in [0.25, 0.3) is 0 Å². The number of benzene rings is 2. The number of carbonyl (C=O) groups excluding carboxylic acids is 1. The number of rotatable bonds is 5. The number of alkyl halides is 6. The number of hydrogen-bond acceptors (Lipinski definition) is 2. The Morgan fingerprint density at radius 1 is 0.955 bits per heavy atom. The summed E-state index contributed by atoms with van der Waals surface area (Å²) in [5.74, 6) is 0.619. The molecule has 2 unspecified atom stereocenters. The number of likely N-dealkylation sites (tertiary alicyclic amines) is 2. The molecule has 2 aromatic rings. The molecule has 44 heavy (non-hydrogen) atoms. The van der Waals surface area contributed by atoms with Crippen LogP contribution < -0.4 is 0 Å². The molecule has 0 aromatic heterocycles. The summed E-state index contributed by atoms with van der Waals surface area (Å²) < 4.78 is 96.0. The Labute approximate surface area is 254 Å². The predicted octanol–water partition coefficient (Wildman–Crippen LogP) is 8.86. The van der Waals surface area contributed by atoms with Crippen LogP contribution in [0.2, 0.25) is 0 Å². The lowest BCUT2D eigenvalue weighted by atomic mass is 9.78. The number of amides is 2. The summed E-state index contributed by atoms with van der Waals surface area (Å²) in [5, 5.41) is 0. The fraction of sp³-hybridized carbons (Fsp3) is 0.606. The van der Waals surface area contributed by atoms with Crippen molar-refractivity contribution in [3.8, 4) is 0 Å².